The van der Waals surface area contributed by atoms with Crippen LogP contribution in [0.15, 0.2) is 12.3 Å². The van der Waals surface area contributed by atoms with E-state index in [0.717, 1.165) is 0 Å². The van der Waals surface area contributed by atoms with Crippen molar-refractivity contribution in [1.82, 2.24) is 10.9 Å². The van der Waals surface area contributed by atoms with E-state index in [0.29, 0.717) is 5.70 Å². The summed E-state index contributed by atoms with van der Waals surface area (Å²) >= 11 is 4.56. The summed E-state index contributed by atoms with van der Waals surface area (Å²) in [7, 11) is 0. The molecule has 0 spiro atoms. The van der Waals surface area contributed by atoms with E-state index in [1.807, 2.05) is 0 Å². The first-order valence-electron chi connectivity index (χ1n) is 3.96. The largest absolute Gasteiger partial charge is 0.550 e. The van der Waals surface area contributed by atoms with Gasteiger partial charge in [-0.25, -0.2) is 0 Å². The zero-order valence-electron chi connectivity index (χ0n) is 8.22. The summed E-state index contributed by atoms with van der Waals surface area (Å²) in [6, 6.07) is 0. The second kappa shape index (κ2) is 4.80. The van der Waals surface area contributed by atoms with E-state index in [-0.39, 0.29) is 11.5 Å². The predicted octanol–water partition coefficient (Wildman–Crippen LogP) is -0.996. The quantitative estimate of drug-likeness (QED) is 0.403. The van der Waals surface area contributed by atoms with E-state index in [1.165, 1.54) is 0 Å². The fourth-order valence-corrected chi connectivity index (χ4v) is 0.825. The number of carboxylic acids is 1. The average Bonchev–Trinajstić information content (AvgIpc) is 1.97. The minimum atomic E-state index is -1.13. The Bertz CT molecular complexity index is 263. The third kappa shape index (κ3) is 4.66. The number of allylic oxidation sites excluding steroid dienone is 1. The second-order valence-corrected chi connectivity index (χ2v) is 3.97. The number of aliphatic carboxylic acids is 1. The molecule has 0 atom stereocenters. The molecule has 0 unspecified atom stereocenters. The molecule has 80 valence electrons. The van der Waals surface area contributed by atoms with Crippen molar-refractivity contribution >= 4 is 23.3 Å². The molecule has 14 heavy (non-hydrogen) atoms. The molecule has 0 amide bonds. The maximum absolute atomic E-state index is 10.4. The minimum absolute atomic E-state index is 0.0652. The Morgan fingerprint density at radius 2 is 2.07 bits per heavy atom. The van der Waals surface area contributed by atoms with Crippen molar-refractivity contribution in [2.75, 3.05) is 0 Å². The number of carbonyl (C=O) groups is 1. The number of carboxylic acid groups (broad SMARTS) is 1. The highest BCUT2D eigenvalue weighted by Gasteiger charge is 2.22. The summed E-state index contributed by atoms with van der Waals surface area (Å²) in [5, 5.41) is 10.5. The first kappa shape index (κ1) is 12.7. The lowest BCUT2D eigenvalue weighted by Gasteiger charge is -2.28. The van der Waals surface area contributed by atoms with Crippen molar-refractivity contribution in [3.63, 3.8) is 0 Å². The van der Waals surface area contributed by atoms with Crippen LogP contribution < -0.4 is 21.7 Å². The number of hydrogen-bond acceptors (Lipinski definition) is 4. The van der Waals surface area contributed by atoms with Crippen LogP contribution in [0.2, 0.25) is 0 Å². The Balaban J connectivity index is 4.21. The van der Waals surface area contributed by atoms with Gasteiger partial charge in [-0.15, -0.1) is 0 Å². The molecule has 0 rings (SSSR count). The van der Waals surface area contributed by atoms with Crippen molar-refractivity contribution in [2.45, 2.75) is 20.3 Å². The van der Waals surface area contributed by atoms with Crippen LogP contribution in [0.3, 0.4) is 0 Å². The van der Waals surface area contributed by atoms with Crippen molar-refractivity contribution < 1.29 is 9.90 Å². The van der Waals surface area contributed by atoms with Gasteiger partial charge < -0.3 is 21.1 Å². The molecule has 0 aliphatic heterocycles. The molecule has 0 heterocycles. The molecule has 0 aliphatic rings. The number of nitrogens with two attached hydrogens (primary N) is 1. The van der Waals surface area contributed by atoms with Gasteiger partial charge in [0.05, 0.1) is 0 Å². The smallest absolute Gasteiger partial charge is 0.182 e. The van der Waals surface area contributed by atoms with Crippen LogP contribution in [-0.4, -0.2) is 11.1 Å². The zero-order valence-corrected chi connectivity index (χ0v) is 9.03. The molecule has 0 aromatic carbocycles. The zero-order chi connectivity index (χ0) is 11.4. The standard InChI is InChI=1S/C8H15N3O2S/c1-5(10-11-7(9)14)8(2,3)4-6(12)13/h10H,1,4H2,2-3H3,(H,12,13)(H3,9,11,14)/p-1. The lowest BCUT2D eigenvalue weighted by molar-refractivity contribution is -0.307. The van der Waals surface area contributed by atoms with E-state index in [9.17, 15) is 9.90 Å². The Morgan fingerprint density at radius 1 is 1.57 bits per heavy atom. The van der Waals surface area contributed by atoms with Crippen LogP contribution in [0.4, 0.5) is 0 Å². The van der Waals surface area contributed by atoms with Crippen LogP contribution >= 0.6 is 12.2 Å². The van der Waals surface area contributed by atoms with Gasteiger partial charge >= 0.3 is 0 Å². The summed E-state index contributed by atoms with van der Waals surface area (Å²) in [6.07, 6.45) is -0.127. The number of rotatable bonds is 5. The van der Waals surface area contributed by atoms with E-state index in [1.54, 1.807) is 13.8 Å². The van der Waals surface area contributed by atoms with E-state index in [4.69, 9.17) is 5.73 Å². The normalized spacial score (nSPS) is 10.4. The molecule has 0 bridgehead atoms. The van der Waals surface area contributed by atoms with Crippen molar-refractivity contribution in [1.29, 1.82) is 0 Å². The number of hydrogen-bond donors (Lipinski definition) is 3. The fourth-order valence-electron chi connectivity index (χ4n) is 0.774. The Kier molecular flexibility index (Phi) is 4.36. The maximum atomic E-state index is 10.4. The van der Waals surface area contributed by atoms with Crippen LogP contribution in [0.5, 0.6) is 0 Å². The number of carbonyl (C=O) groups excluding carboxylic acids is 1. The van der Waals surface area contributed by atoms with Crippen LogP contribution in [-0.2, 0) is 4.79 Å². The molecule has 0 aliphatic carbocycles. The van der Waals surface area contributed by atoms with Crippen LogP contribution in [0.1, 0.15) is 20.3 Å². The fraction of sp³-hybridized carbons (Fsp3) is 0.500. The van der Waals surface area contributed by atoms with Gasteiger partial charge in [0, 0.05) is 17.1 Å². The molecular formula is C8H14N3O2S-. The third-order valence-electron chi connectivity index (χ3n) is 1.74. The molecule has 5 nitrogen and oxygen atoms in total. The SMILES string of the molecule is C=C(NNC(N)=S)C(C)(C)CC(=O)[O-]. The van der Waals surface area contributed by atoms with Crippen LogP contribution in [0.25, 0.3) is 0 Å². The Labute approximate surface area is 88.3 Å². The van der Waals surface area contributed by atoms with E-state index >= 15 is 0 Å². The summed E-state index contributed by atoms with van der Waals surface area (Å²) < 4.78 is 0. The molecule has 0 aromatic rings. The minimum Gasteiger partial charge on any atom is -0.550 e. The number of thiocarbonyl (C=S) groups is 1. The van der Waals surface area contributed by atoms with Gasteiger partial charge in [-0.1, -0.05) is 20.4 Å². The highest BCUT2D eigenvalue weighted by Crippen LogP contribution is 2.26. The van der Waals surface area contributed by atoms with Gasteiger partial charge in [0.15, 0.2) is 5.11 Å². The van der Waals surface area contributed by atoms with Gasteiger partial charge in [0.25, 0.3) is 0 Å². The summed E-state index contributed by atoms with van der Waals surface area (Å²) in [5.74, 6) is -1.13. The second-order valence-electron chi connectivity index (χ2n) is 3.53. The molecule has 0 aromatic heterocycles. The lowest BCUT2D eigenvalue weighted by Crippen LogP contribution is -2.44. The van der Waals surface area contributed by atoms with Crippen LogP contribution in [0, 0.1) is 5.41 Å². The molecule has 0 radical (unpaired) electrons. The van der Waals surface area contributed by atoms with E-state index < -0.39 is 11.4 Å². The number of hydrazine groups is 1. The molecular weight excluding hydrogens is 202 g/mol. The summed E-state index contributed by atoms with van der Waals surface area (Å²) in [5.41, 5.74) is 10.1. The van der Waals surface area contributed by atoms with Gasteiger partial charge in [0.2, 0.25) is 0 Å². The maximum Gasteiger partial charge on any atom is 0.182 e. The average molecular weight is 216 g/mol. The van der Waals surface area contributed by atoms with E-state index in [2.05, 4.69) is 29.6 Å². The van der Waals surface area contributed by atoms with Gasteiger partial charge in [-0.05, 0) is 18.6 Å². The molecule has 4 N–H and O–H groups in total. The molecule has 0 fully saturated rings. The summed E-state index contributed by atoms with van der Waals surface area (Å²) in [4.78, 5) is 10.4. The lowest BCUT2D eigenvalue weighted by atomic mass is 9.86. The van der Waals surface area contributed by atoms with Gasteiger partial charge in [0.1, 0.15) is 0 Å². The van der Waals surface area contributed by atoms with Crippen molar-refractivity contribution in [2.24, 2.45) is 11.1 Å². The monoisotopic (exact) mass is 216 g/mol. The number of nitrogens with one attached hydrogen (secondary N) is 2. The van der Waals surface area contributed by atoms with Gasteiger partial charge in [-0.2, -0.15) is 0 Å². The first-order chi connectivity index (χ1) is 6.25. The van der Waals surface area contributed by atoms with Gasteiger partial charge in [-0.3, -0.25) is 5.43 Å². The predicted molar refractivity (Wildman–Crippen MR) is 55.6 cm³/mol. The molecule has 0 saturated heterocycles. The highest BCUT2D eigenvalue weighted by atomic mass is 32.1. The molecule has 0 saturated carbocycles. The van der Waals surface area contributed by atoms with Crippen molar-refractivity contribution in [3.8, 4) is 0 Å². The van der Waals surface area contributed by atoms with Crippen molar-refractivity contribution in [3.05, 3.63) is 12.3 Å². The summed E-state index contributed by atoms with van der Waals surface area (Å²) in [6.45, 7) is 7.11. The highest BCUT2D eigenvalue weighted by molar-refractivity contribution is 7.80. The first-order valence-corrected chi connectivity index (χ1v) is 4.37. The Morgan fingerprint density at radius 3 is 2.43 bits per heavy atom. The topological polar surface area (TPSA) is 90.2 Å². The molecule has 6 heteroatoms. The third-order valence-corrected chi connectivity index (χ3v) is 1.84. The Hall–Kier alpha value is -1.30.